The first kappa shape index (κ1) is 15.6. The maximum Gasteiger partial charge on any atom is 0.145 e. The average Bonchev–Trinajstić information content (AvgIpc) is 2.49. The average molecular weight is 371 g/mol. The Morgan fingerprint density at radius 3 is 2.71 bits per heavy atom. The van der Waals surface area contributed by atoms with E-state index in [0.717, 1.165) is 5.56 Å². The van der Waals surface area contributed by atoms with Gasteiger partial charge in [-0.3, -0.25) is 0 Å². The van der Waals surface area contributed by atoms with Gasteiger partial charge in [0.15, 0.2) is 0 Å². The van der Waals surface area contributed by atoms with Crippen molar-refractivity contribution in [3.05, 3.63) is 56.8 Å². The van der Waals surface area contributed by atoms with Crippen molar-refractivity contribution < 1.29 is 13.9 Å². The molecule has 108 valence electrons. The van der Waals surface area contributed by atoms with Crippen molar-refractivity contribution in [1.29, 1.82) is 5.26 Å². The van der Waals surface area contributed by atoms with E-state index in [2.05, 4.69) is 15.9 Å². The first-order valence-electron chi connectivity index (χ1n) is 5.89. The molecule has 0 fully saturated rings. The molecule has 21 heavy (non-hydrogen) atoms. The lowest BCUT2D eigenvalue weighted by atomic mass is 10.1. The highest BCUT2D eigenvalue weighted by molar-refractivity contribution is 9.10. The van der Waals surface area contributed by atoms with E-state index in [-0.39, 0.29) is 11.6 Å². The van der Waals surface area contributed by atoms with E-state index in [9.17, 15) is 4.39 Å². The molecule has 0 aliphatic rings. The van der Waals surface area contributed by atoms with E-state index in [4.69, 9.17) is 26.3 Å². The molecule has 0 atom stereocenters. The highest BCUT2D eigenvalue weighted by Gasteiger charge is 2.09. The van der Waals surface area contributed by atoms with Crippen LogP contribution in [-0.4, -0.2) is 7.11 Å². The molecule has 0 radical (unpaired) electrons. The summed E-state index contributed by atoms with van der Waals surface area (Å²) in [6.07, 6.45) is 0. The Balaban J connectivity index is 2.17. The monoisotopic (exact) mass is 369 g/mol. The van der Waals surface area contributed by atoms with Gasteiger partial charge in [0.05, 0.1) is 22.2 Å². The normalized spacial score (nSPS) is 10.0. The number of methoxy groups -OCH3 is 1. The Morgan fingerprint density at radius 2 is 2.05 bits per heavy atom. The van der Waals surface area contributed by atoms with E-state index < -0.39 is 5.82 Å². The minimum Gasteiger partial charge on any atom is -0.495 e. The van der Waals surface area contributed by atoms with Crippen LogP contribution in [0.4, 0.5) is 4.39 Å². The predicted molar refractivity (Wildman–Crippen MR) is 81.2 cm³/mol. The quantitative estimate of drug-likeness (QED) is 0.733. The van der Waals surface area contributed by atoms with Crippen LogP contribution >= 0.6 is 27.5 Å². The Labute approximate surface area is 135 Å². The van der Waals surface area contributed by atoms with Crippen molar-refractivity contribution in [2.45, 2.75) is 6.61 Å². The van der Waals surface area contributed by atoms with Crippen LogP contribution < -0.4 is 9.47 Å². The van der Waals surface area contributed by atoms with E-state index >= 15 is 0 Å². The predicted octanol–water partition coefficient (Wildman–Crippen LogP) is 4.70. The van der Waals surface area contributed by atoms with Crippen molar-refractivity contribution >= 4 is 27.5 Å². The summed E-state index contributed by atoms with van der Waals surface area (Å²) in [5.74, 6) is 0.271. The van der Waals surface area contributed by atoms with Crippen molar-refractivity contribution in [2.24, 2.45) is 0 Å². The zero-order chi connectivity index (χ0) is 15.4. The van der Waals surface area contributed by atoms with Crippen LogP contribution in [0.15, 0.2) is 34.8 Å². The number of nitriles is 1. The van der Waals surface area contributed by atoms with Gasteiger partial charge >= 0.3 is 0 Å². The van der Waals surface area contributed by atoms with Crippen LogP contribution in [0.25, 0.3) is 0 Å². The maximum atomic E-state index is 13.4. The van der Waals surface area contributed by atoms with Gasteiger partial charge in [-0.1, -0.05) is 17.7 Å². The lowest BCUT2D eigenvalue weighted by Crippen LogP contribution is -1.98. The largest absolute Gasteiger partial charge is 0.495 e. The van der Waals surface area contributed by atoms with Gasteiger partial charge in [0, 0.05) is 6.07 Å². The number of ether oxygens (including phenoxy) is 2. The van der Waals surface area contributed by atoms with Crippen LogP contribution in [0.2, 0.25) is 5.02 Å². The van der Waals surface area contributed by atoms with Gasteiger partial charge in [0.25, 0.3) is 0 Å². The second-order valence-electron chi connectivity index (χ2n) is 4.13. The molecular weight excluding hydrogens is 361 g/mol. The third kappa shape index (κ3) is 3.66. The highest BCUT2D eigenvalue weighted by Crippen LogP contribution is 2.31. The lowest BCUT2D eigenvalue weighted by molar-refractivity contribution is 0.301. The van der Waals surface area contributed by atoms with Crippen molar-refractivity contribution in [3.8, 4) is 17.6 Å². The van der Waals surface area contributed by atoms with Crippen LogP contribution in [0.3, 0.4) is 0 Å². The Hall–Kier alpha value is -1.77. The number of benzene rings is 2. The van der Waals surface area contributed by atoms with Crippen molar-refractivity contribution in [1.82, 2.24) is 0 Å². The molecule has 0 saturated heterocycles. The molecule has 0 unspecified atom stereocenters. The molecule has 2 aromatic rings. The summed E-state index contributed by atoms with van der Waals surface area (Å²) in [6.45, 7) is 0.210. The number of nitrogens with zero attached hydrogens (tertiary/aromatic N) is 1. The molecule has 0 saturated carbocycles. The molecule has 0 amide bonds. The summed E-state index contributed by atoms with van der Waals surface area (Å²) >= 11 is 8.93. The Kier molecular flexibility index (Phi) is 5.05. The number of hydrogen-bond acceptors (Lipinski definition) is 3. The molecule has 2 rings (SSSR count). The van der Waals surface area contributed by atoms with Gasteiger partial charge in [0.1, 0.15) is 30.0 Å². The minimum absolute atomic E-state index is 0.0225. The molecule has 0 bridgehead atoms. The lowest BCUT2D eigenvalue weighted by Gasteiger charge is -2.10. The molecule has 6 heteroatoms. The smallest absolute Gasteiger partial charge is 0.145 e. The highest BCUT2D eigenvalue weighted by atomic mass is 79.9. The summed E-state index contributed by atoms with van der Waals surface area (Å²) in [4.78, 5) is 0. The zero-order valence-corrected chi connectivity index (χ0v) is 13.3. The van der Waals surface area contributed by atoms with Gasteiger partial charge in [-0.15, -0.1) is 0 Å². The van der Waals surface area contributed by atoms with E-state index in [1.807, 2.05) is 6.07 Å². The van der Waals surface area contributed by atoms with Crippen LogP contribution in [0.5, 0.6) is 11.5 Å². The Bertz CT molecular complexity index is 716. The fraction of sp³-hybridized carbons (Fsp3) is 0.133. The SMILES string of the molecule is COc1cc(COc2cc(F)c(Cl)cc2Br)ccc1C#N. The molecule has 0 spiro atoms. The van der Waals surface area contributed by atoms with Crippen LogP contribution in [0, 0.1) is 17.1 Å². The summed E-state index contributed by atoms with van der Waals surface area (Å²) in [5, 5.41) is 8.94. The standard InChI is InChI=1S/C15H10BrClFNO2/c1-20-14-4-9(2-3-10(14)7-19)8-21-15-6-13(18)12(17)5-11(15)16/h2-6H,8H2,1H3. The van der Waals surface area contributed by atoms with Crippen molar-refractivity contribution in [3.63, 3.8) is 0 Å². The molecule has 0 aliphatic heterocycles. The second-order valence-corrected chi connectivity index (χ2v) is 5.39. The Morgan fingerprint density at radius 1 is 1.29 bits per heavy atom. The fourth-order valence-corrected chi connectivity index (χ4v) is 2.45. The zero-order valence-electron chi connectivity index (χ0n) is 11.0. The number of halogens is 3. The number of hydrogen-bond donors (Lipinski definition) is 0. The summed E-state index contributed by atoms with van der Waals surface area (Å²) in [7, 11) is 1.49. The van der Waals surface area contributed by atoms with Gasteiger partial charge in [-0.05, 0) is 39.7 Å². The van der Waals surface area contributed by atoms with E-state index in [0.29, 0.717) is 21.5 Å². The van der Waals surface area contributed by atoms with E-state index in [1.54, 1.807) is 18.2 Å². The molecule has 0 heterocycles. The topological polar surface area (TPSA) is 42.2 Å². The molecular formula is C15H10BrClFNO2. The first-order valence-corrected chi connectivity index (χ1v) is 7.06. The van der Waals surface area contributed by atoms with E-state index in [1.165, 1.54) is 19.2 Å². The van der Waals surface area contributed by atoms with Crippen molar-refractivity contribution in [2.75, 3.05) is 7.11 Å². The third-order valence-corrected chi connectivity index (χ3v) is 3.66. The molecule has 0 N–H and O–H groups in total. The molecule has 3 nitrogen and oxygen atoms in total. The van der Waals surface area contributed by atoms with Gasteiger partial charge in [-0.25, -0.2) is 4.39 Å². The molecule has 2 aromatic carbocycles. The summed E-state index contributed by atoms with van der Waals surface area (Å²) < 4.78 is 24.6. The van der Waals surface area contributed by atoms with Crippen LogP contribution in [0.1, 0.15) is 11.1 Å². The summed E-state index contributed by atoms with van der Waals surface area (Å²) in [6, 6.07) is 9.79. The molecule has 0 aliphatic carbocycles. The number of rotatable bonds is 4. The molecule has 0 aromatic heterocycles. The minimum atomic E-state index is -0.549. The fourth-order valence-electron chi connectivity index (χ4n) is 1.69. The van der Waals surface area contributed by atoms with Gasteiger partial charge in [0.2, 0.25) is 0 Å². The third-order valence-electron chi connectivity index (χ3n) is 2.76. The van der Waals surface area contributed by atoms with Gasteiger partial charge in [-0.2, -0.15) is 5.26 Å². The van der Waals surface area contributed by atoms with Crippen LogP contribution in [-0.2, 0) is 6.61 Å². The second kappa shape index (κ2) is 6.79. The first-order chi connectivity index (χ1) is 10.0. The van der Waals surface area contributed by atoms with Gasteiger partial charge < -0.3 is 9.47 Å². The maximum absolute atomic E-state index is 13.4. The summed E-state index contributed by atoms with van der Waals surface area (Å²) in [5.41, 5.74) is 1.24.